The van der Waals surface area contributed by atoms with Crippen LogP contribution in [0.15, 0.2) is 48.7 Å². The summed E-state index contributed by atoms with van der Waals surface area (Å²) in [5.41, 5.74) is 1.61. The molecule has 4 rings (SSSR count). The summed E-state index contributed by atoms with van der Waals surface area (Å²) in [5, 5.41) is 2.86. The molecule has 0 aliphatic carbocycles. The van der Waals surface area contributed by atoms with Crippen molar-refractivity contribution in [1.82, 2.24) is 15.2 Å². The second-order valence-corrected chi connectivity index (χ2v) is 6.39. The van der Waals surface area contributed by atoms with Crippen LogP contribution in [-0.2, 0) is 11.2 Å². The Balaban J connectivity index is 1.41. The Hall–Kier alpha value is -2.89. The summed E-state index contributed by atoms with van der Waals surface area (Å²) in [5.74, 6) is 0.783. The third-order valence-electron chi connectivity index (χ3n) is 4.85. The largest absolute Gasteiger partial charge is 0.353 e. The molecule has 0 saturated carbocycles. The summed E-state index contributed by atoms with van der Waals surface area (Å²) in [6.45, 7) is 2.78. The molecule has 6 nitrogen and oxygen atoms in total. The fraction of sp³-hybridized carbons (Fsp3) is 0.316. The van der Waals surface area contributed by atoms with E-state index in [1.807, 2.05) is 41.3 Å². The molecule has 25 heavy (non-hydrogen) atoms. The maximum Gasteiger partial charge on any atom is 0.252 e. The van der Waals surface area contributed by atoms with Crippen molar-refractivity contribution in [2.45, 2.75) is 12.5 Å². The lowest BCUT2D eigenvalue weighted by Crippen LogP contribution is -2.57. The topological polar surface area (TPSA) is 65.5 Å². The van der Waals surface area contributed by atoms with Crippen molar-refractivity contribution in [3.05, 3.63) is 59.8 Å². The summed E-state index contributed by atoms with van der Waals surface area (Å²) in [7, 11) is 0. The minimum atomic E-state index is -0.469. The number of hydrogen-bond acceptors (Lipinski definition) is 4. The SMILES string of the molecule is O=C1NC(C(=O)N2CCN(c3ccccn3)CC2)Cc2ccccc21. The van der Waals surface area contributed by atoms with Gasteiger partial charge in [-0.2, -0.15) is 0 Å². The Morgan fingerprint density at radius 3 is 2.56 bits per heavy atom. The number of rotatable bonds is 2. The third-order valence-corrected chi connectivity index (χ3v) is 4.85. The molecule has 0 bridgehead atoms. The number of nitrogens with zero attached hydrogens (tertiary/aromatic N) is 3. The highest BCUT2D eigenvalue weighted by atomic mass is 16.2. The van der Waals surface area contributed by atoms with Crippen molar-refractivity contribution >= 4 is 17.6 Å². The molecule has 3 heterocycles. The van der Waals surface area contributed by atoms with Gasteiger partial charge >= 0.3 is 0 Å². The lowest BCUT2D eigenvalue weighted by molar-refractivity contribution is -0.133. The fourth-order valence-electron chi connectivity index (χ4n) is 3.49. The van der Waals surface area contributed by atoms with Crippen LogP contribution >= 0.6 is 0 Å². The summed E-state index contributed by atoms with van der Waals surface area (Å²) in [4.78, 5) is 33.4. The van der Waals surface area contributed by atoms with E-state index in [4.69, 9.17) is 0 Å². The molecular formula is C19H20N4O2. The van der Waals surface area contributed by atoms with E-state index >= 15 is 0 Å². The summed E-state index contributed by atoms with van der Waals surface area (Å²) in [6, 6.07) is 12.9. The van der Waals surface area contributed by atoms with Gasteiger partial charge in [-0.25, -0.2) is 4.98 Å². The average Bonchev–Trinajstić information content (AvgIpc) is 2.68. The molecule has 6 heteroatoms. The van der Waals surface area contributed by atoms with Gasteiger partial charge in [-0.3, -0.25) is 9.59 Å². The van der Waals surface area contributed by atoms with Crippen molar-refractivity contribution in [3.8, 4) is 0 Å². The van der Waals surface area contributed by atoms with Gasteiger partial charge in [0.1, 0.15) is 11.9 Å². The van der Waals surface area contributed by atoms with Crippen LogP contribution in [0.2, 0.25) is 0 Å². The van der Waals surface area contributed by atoms with Gasteiger partial charge in [0.2, 0.25) is 5.91 Å². The Morgan fingerprint density at radius 1 is 1.04 bits per heavy atom. The molecule has 2 aliphatic rings. The molecule has 0 radical (unpaired) electrons. The van der Waals surface area contributed by atoms with Crippen LogP contribution < -0.4 is 10.2 Å². The van der Waals surface area contributed by atoms with Crippen molar-refractivity contribution in [1.29, 1.82) is 0 Å². The normalized spacial score (nSPS) is 20.0. The number of aromatic nitrogens is 1. The summed E-state index contributed by atoms with van der Waals surface area (Å²) in [6.07, 6.45) is 2.34. The second-order valence-electron chi connectivity index (χ2n) is 6.39. The molecule has 1 fully saturated rings. The number of anilines is 1. The molecule has 128 valence electrons. The predicted octanol–water partition coefficient (Wildman–Crippen LogP) is 1.08. The molecule has 1 saturated heterocycles. The quantitative estimate of drug-likeness (QED) is 0.891. The van der Waals surface area contributed by atoms with Gasteiger partial charge in [0.15, 0.2) is 0 Å². The maximum atomic E-state index is 12.8. The Kier molecular flexibility index (Phi) is 4.09. The third kappa shape index (κ3) is 3.07. The minimum absolute atomic E-state index is 0.00326. The van der Waals surface area contributed by atoms with Crippen LogP contribution in [0.4, 0.5) is 5.82 Å². The summed E-state index contributed by atoms with van der Waals surface area (Å²) >= 11 is 0. The molecular weight excluding hydrogens is 316 g/mol. The molecule has 2 aliphatic heterocycles. The number of amides is 2. The van der Waals surface area contributed by atoms with E-state index in [0.29, 0.717) is 25.1 Å². The van der Waals surface area contributed by atoms with Gasteiger partial charge in [0, 0.05) is 44.4 Å². The predicted molar refractivity (Wildman–Crippen MR) is 94.4 cm³/mol. The molecule has 1 aromatic heterocycles. The first kappa shape index (κ1) is 15.6. The van der Waals surface area contributed by atoms with E-state index in [2.05, 4.69) is 15.2 Å². The van der Waals surface area contributed by atoms with E-state index in [-0.39, 0.29) is 11.8 Å². The second kappa shape index (κ2) is 6.55. The zero-order valence-corrected chi connectivity index (χ0v) is 13.9. The Morgan fingerprint density at radius 2 is 1.80 bits per heavy atom. The highest BCUT2D eigenvalue weighted by molar-refractivity contribution is 6.00. The van der Waals surface area contributed by atoms with Crippen LogP contribution in [0.25, 0.3) is 0 Å². The van der Waals surface area contributed by atoms with Gasteiger partial charge in [-0.15, -0.1) is 0 Å². The molecule has 1 unspecified atom stereocenters. The van der Waals surface area contributed by atoms with Crippen LogP contribution in [0.1, 0.15) is 15.9 Å². The smallest absolute Gasteiger partial charge is 0.252 e. The Labute approximate surface area is 146 Å². The number of hydrogen-bond donors (Lipinski definition) is 1. The molecule has 1 atom stereocenters. The maximum absolute atomic E-state index is 12.8. The van der Waals surface area contributed by atoms with Crippen LogP contribution in [0, 0.1) is 0 Å². The monoisotopic (exact) mass is 336 g/mol. The molecule has 2 aromatic rings. The zero-order valence-electron chi connectivity index (χ0n) is 13.9. The van der Waals surface area contributed by atoms with Crippen molar-refractivity contribution in [3.63, 3.8) is 0 Å². The first-order valence-corrected chi connectivity index (χ1v) is 8.56. The highest BCUT2D eigenvalue weighted by Gasteiger charge is 2.33. The molecule has 1 N–H and O–H groups in total. The number of carbonyl (C=O) groups excluding carboxylic acids is 2. The van der Waals surface area contributed by atoms with Gasteiger partial charge in [-0.1, -0.05) is 24.3 Å². The van der Waals surface area contributed by atoms with E-state index in [1.165, 1.54) is 0 Å². The summed E-state index contributed by atoms with van der Waals surface area (Å²) < 4.78 is 0. The lowest BCUT2D eigenvalue weighted by Gasteiger charge is -2.37. The van der Waals surface area contributed by atoms with Crippen molar-refractivity contribution < 1.29 is 9.59 Å². The number of carbonyl (C=O) groups is 2. The van der Waals surface area contributed by atoms with E-state index in [9.17, 15) is 9.59 Å². The molecule has 1 aromatic carbocycles. The zero-order chi connectivity index (χ0) is 17.2. The van der Waals surface area contributed by atoms with Gasteiger partial charge in [-0.05, 0) is 23.8 Å². The Bertz CT molecular complexity index is 785. The van der Waals surface area contributed by atoms with E-state index < -0.39 is 6.04 Å². The first-order valence-electron chi connectivity index (χ1n) is 8.56. The standard InChI is InChI=1S/C19H20N4O2/c24-18-15-6-2-1-5-14(15)13-16(21-18)19(25)23-11-9-22(10-12-23)17-7-3-4-8-20-17/h1-8,16H,9-13H2,(H,21,24). The molecule has 2 amide bonds. The van der Waals surface area contributed by atoms with Crippen LogP contribution in [0.3, 0.4) is 0 Å². The molecule has 0 spiro atoms. The number of piperazine rings is 1. The van der Waals surface area contributed by atoms with Crippen molar-refractivity contribution in [2.75, 3.05) is 31.1 Å². The van der Waals surface area contributed by atoms with Gasteiger partial charge in [0.25, 0.3) is 5.91 Å². The van der Waals surface area contributed by atoms with Gasteiger partial charge < -0.3 is 15.1 Å². The average molecular weight is 336 g/mol. The van der Waals surface area contributed by atoms with Crippen LogP contribution in [0.5, 0.6) is 0 Å². The number of nitrogens with one attached hydrogen (secondary N) is 1. The number of benzene rings is 1. The van der Waals surface area contributed by atoms with Gasteiger partial charge in [0.05, 0.1) is 0 Å². The van der Waals surface area contributed by atoms with Crippen molar-refractivity contribution in [2.24, 2.45) is 0 Å². The minimum Gasteiger partial charge on any atom is -0.353 e. The highest BCUT2D eigenvalue weighted by Crippen LogP contribution is 2.19. The van der Waals surface area contributed by atoms with Crippen LogP contribution in [-0.4, -0.2) is 53.9 Å². The number of pyridine rings is 1. The van der Waals surface area contributed by atoms with E-state index in [1.54, 1.807) is 12.3 Å². The fourth-order valence-corrected chi connectivity index (χ4v) is 3.49. The van der Waals surface area contributed by atoms with E-state index in [0.717, 1.165) is 24.5 Å². The lowest BCUT2D eigenvalue weighted by atomic mass is 9.94. The first-order chi connectivity index (χ1) is 12.2. The number of fused-ring (bicyclic) bond motifs is 1.